The van der Waals surface area contributed by atoms with E-state index < -0.39 is 0 Å². The Morgan fingerprint density at radius 2 is 2.22 bits per heavy atom. The van der Waals surface area contributed by atoms with Crippen LogP contribution in [-0.4, -0.2) is 0 Å². The van der Waals surface area contributed by atoms with Crippen molar-refractivity contribution in [3.63, 3.8) is 0 Å². The highest BCUT2D eigenvalue weighted by Crippen LogP contribution is 2.33. The highest BCUT2D eigenvalue weighted by Gasteiger charge is 2.17. The summed E-state index contributed by atoms with van der Waals surface area (Å²) in [5.41, 5.74) is 4.56. The molecule has 3 heteroatoms. The number of fused-ring (bicyclic) bond motifs is 1. The van der Waals surface area contributed by atoms with E-state index in [1.54, 1.807) is 10.4 Å². The molecule has 1 heterocycles. The molecule has 1 aliphatic rings. The number of hydrazine groups is 1. The molecule has 0 amide bonds. The van der Waals surface area contributed by atoms with E-state index in [0.29, 0.717) is 6.04 Å². The summed E-state index contributed by atoms with van der Waals surface area (Å²) in [6.45, 7) is 3.77. The fourth-order valence-corrected chi connectivity index (χ4v) is 3.99. The van der Waals surface area contributed by atoms with Crippen LogP contribution >= 0.6 is 11.3 Å². The van der Waals surface area contributed by atoms with E-state index in [0.717, 1.165) is 19.3 Å². The molecule has 0 fully saturated rings. The number of hydrogen-bond acceptors (Lipinski definition) is 3. The van der Waals surface area contributed by atoms with Crippen LogP contribution in [0.25, 0.3) is 0 Å². The molecule has 0 aromatic carbocycles. The van der Waals surface area contributed by atoms with Gasteiger partial charge in [-0.25, -0.2) is 0 Å². The van der Waals surface area contributed by atoms with Gasteiger partial charge in [0.05, 0.1) is 6.04 Å². The Hall–Kier alpha value is -0.640. The van der Waals surface area contributed by atoms with E-state index in [1.807, 2.05) is 17.4 Å². The highest BCUT2D eigenvalue weighted by atomic mass is 32.1. The van der Waals surface area contributed by atoms with Crippen molar-refractivity contribution in [2.45, 2.75) is 57.4 Å². The van der Waals surface area contributed by atoms with Gasteiger partial charge in [0.1, 0.15) is 0 Å². The van der Waals surface area contributed by atoms with Crippen molar-refractivity contribution in [3.05, 3.63) is 34.0 Å². The van der Waals surface area contributed by atoms with Gasteiger partial charge in [-0.1, -0.05) is 12.5 Å². The number of nitrogens with two attached hydrogens (primary N) is 1. The molecule has 1 aromatic heterocycles. The summed E-state index contributed by atoms with van der Waals surface area (Å²) in [5, 5.41) is 0. The lowest BCUT2D eigenvalue weighted by Gasteiger charge is -2.13. The van der Waals surface area contributed by atoms with Crippen LogP contribution in [0.4, 0.5) is 0 Å². The third-order valence-corrected chi connectivity index (χ3v) is 5.06. The molecule has 18 heavy (non-hydrogen) atoms. The molecule has 1 aromatic rings. The molecule has 0 spiro atoms. The van der Waals surface area contributed by atoms with Crippen LogP contribution in [0.15, 0.2) is 18.7 Å². The summed E-state index contributed by atoms with van der Waals surface area (Å²) in [6, 6.07) is 2.71. The summed E-state index contributed by atoms with van der Waals surface area (Å²) < 4.78 is 0. The molecule has 1 aliphatic carbocycles. The van der Waals surface area contributed by atoms with Gasteiger partial charge in [0.2, 0.25) is 0 Å². The average Bonchev–Trinajstić information content (AvgIpc) is 2.66. The Balaban J connectivity index is 2.04. The zero-order chi connectivity index (χ0) is 12.8. The topological polar surface area (TPSA) is 38.0 Å². The molecular formula is C15H24N2S. The maximum absolute atomic E-state index is 5.71. The molecule has 0 radical (unpaired) electrons. The van der Waals surface area contributed by atoms with Crippen molar-refractivity contribution >= 4 is 11.3 Å². The molecular weight excluding hydrogens is 240 g/mol. The maximum Gasteiger partial charge on any atom is 0.0553 e. The molecule has 100 valence electrons. The predicted molar refractivity (Wildman–Crippen MR) is 79.7 cm³/mol. The van der Waals surface area contributed by atoms with Gasteiger partial charge in [-0.15, -0.1) is 17.9 Å². The third kappa shape index (κ3) is 3.44. The van der Waals surface area contributed by atoms with Crippen molar-refractivity contribution in [3.8, 4) is 0 Å². The number of aryl methyl sites for hydroxylation is 2. The van der Waals surface area contributed by atoms with Crippen LogP contribution in [0.2, 0.25) is 0 Å². The van der Waals surface area contributed by atoms with E-state index in [4.69, 9.17) is 5.84 Å². The van der Waals surface area contributed by atoms with E-state index in [9.17, 15) is 0 Å². The summed E-state index contributed by atoms with van der Waals surface area (Å²) in [6.07, 6.45) is 11.9. The molecule has 2 rings (SSSR count). The number of thiophene rings is 1. The highest BCUT2D eigenvalue weighted by molar-refractivity contribution is 7.12. The van der Waals surface area contributed by atoms with Crippen LogP contribution < -0.4 is 11.3 Å². The van der Waals surface area contributed by atoms with Gasteiger partial charge < -0.3 is 0 Å². The zero-order valence-corrected chi connectivity index (χ0v) is 11.9. The van der Waals surface area contributed by atoms with Gasteiger partial charge in [-0.3, -0.25) is 11.3 Å². The SMILES string of the molecule is C=CCCCC(NN)c1cc2c(s1)CCCCC2. The van der Waals surface area contributed by atoms with Crippen LogP contribution in [-0.2, 0) is 12.8 Å². The lowest BCUT2D eigenvalue weighted by Crippen LogP contribution is -2.27. The molecule has 0 saturated heterocycles. The summed E-state index contributed by atoms with van der Waals surface area (Å²) in [7, 11) is 0. The van der Waals surface area contributed by atoms with Gasteiger partial charge in [0.15, 0.2) is 0 Å². The standard InChI is InChI=1S/C15H24N2S/c1-2-3-5-9-13(17-16)15-11-12-8-6-4-7-10-14(12)18-15/h2,11,13,17H,1,3-10,16H2. The van der Waals surface area contributed by atoms with E-state index in [-0.39, 0.29) is 0 Å². The fraction of sp³-hybridized carbons (Fsp3) is 0.600. The smallest absolute Gasteiger partial charge is 0.0553 e. The molecule has 2 nitrogen and oxygen atoms in total. The lowest BCUT2D eigenvalue weighted by atomic mass is 10.1. The van der Waals surface area contributed by atoms with E-state index >= 15 is 0 Å². The van der Waals surface area contributed by atoms with Crippen molar-refractivity contribution in [1.82, 2.24) is 5.43 Å². The number of unbranched alkanes of at least 4 members (excludes halogenated alkanes) is 1. The third-order valence-electron chi connectivity index (χ3n) is 3.71. The molecule has 1 unspecified atom stereocenters. The molecule has 3 N–H and O–H groups in total. The number of hydrogen-bond donors (Lipinski definition) is 2. The zero-order valence-electron chi connectivity index (χ0n) is 11.1. The van der Waals surface area contributed by atoms with Crippen molar-refractivity contribution < 1.29 is 0 Å². The first kappa shape index (κ1) is 13.8. The first-order valence-corrected chi connectivity index (χ1v) is 7.85. The maximum atomic E-state index is 5.71. The largest absolute Gasteiger partial charge is 0.271 e. The minimum Gasteiger partial charge on any atom is -0.271 e. The van der Waals surface area contributed by atoms with Crippen molar-refractivity contribution in [1.29, 1.82) is 0 Å². The van der Waals surface area contributed by atoms with Gasteiger partial charge in [-0.2, -0.15) is 0 Å². The summed E-state index contributed by atoms with van der Waals surface area (Å²) >= 11 is 1.97. The van der Waals surface area contributed by atoms with Gasteiger partial charge >= 0.3 is 0 Å². The van der Waals surface area contributed by atoms with Gasteiger partial charge in [-0.05, 0) is 56.6 Å². The lowest BCUT2D eigenvalue weighted by molar-refractivity contribution is 0.508. The first-order valence-electron chi connectivity index (χ1n) is 7.03. The average molecular weight is 264 g/mol. The van der Waals surface area contributed by atoms with Crippen molar-refractivity contribution in [2.75, 3.05) is 0 Å². The number of allylic oxidation sites excluding steroid dienone is 1. The molecule has 0 bridgehead atoms. The second-order valence-corrected chi connectivity index (χ2v) is 6.27. The van der Waals surface area contributed by atoms with E-state index in [1.165, 1.54) is 37.0 Å². The van der Waals surface area contributed by atoms with Gasteiger partial charge in [0.25, 0.3) is 0 Å². The van der Waals surface area contributed by atoms with Crippen LogP contribution in [0.3, 0.4) is 0 Å². The minimum absolute atomic E-state index is 0.321. The van der Waals surface area contributed by atoms with Crippen LogP contribution in [0.1, 0.15) is 59.9 Å². The molecule has 0 saturated carbocycles. The number of nitrogens with one attached hydrogen (secondary N) is 1. The van der Waals surface area contributed by atoms with Crippen LogP contribution in [0, 0.1) is 0 Å². The van der Waals surface area contributed by atoms with Crippen molar-refractivity contribution in [2.24, 2.45) is 5.84 Å². The Bertz CT molecular complexity index is 360. The first-order chi connectivity index (χ1) is 8.85. The molecule has 1 atom stereocenters. The van der Waals surface area contributed by atoms with Crippen LogP contribution in [0.5, 0.6) is 0 Å². The Morgan fingerprint density at radius 3 is 3.00 bits per heavy atom. The Morgan fingerprint density at radius 1 is 1.39 bits per heavy atom. The van der Waals surface area contributed by atoms with Gasteiger partial charge in [0, 0.05) is 9.75 Å². The fourth-order valence-electron chi connectivity index (χ4n) is 2.64. The monoisotopic (exact) mass is 264 g/mol. The second kappa shape index (κ2) is 7.07. The molecule has 0 aliphatic heterocycles. The quantitative estimate of drug-likeness (QED) is 0.269. The summed E-state index contributed by atoms with van der Waals surface area (Å²) in [5.74, 6) is 5.71. The second-order valence-electron chi connectivity index (χ2n) is 5.10. The van der Waals surface area contributed by atoms with E-state index in [2.05, 4.69) is 18.1 Å². The summed E-state index contributed by atoms with van der Waals surface area (Å²) in [4.78, 5) is 3.03. The Kier molecular flexibility index (Phi) is 5.42. The normalized spacial score (nSPS) is 16.9. The number of rotatable bonds is 6. The minimum atomic E-state index is 0.321. The predicted octanol–water partition coefficient (Wildman–Crippen LogP) is 3.88. The Labute approximate surface area is 114 Å².